The predicted octanol–water partition coefficient (Wildman–Crippen LogP) is 3.27. The van der Waals surface area contributed by atoms with E-state index in [-0.39, 0.29) is 38.6 Å². The van der Waals surface area contributed by atoms with E-state index in [0.717, 1.165) is 4.90 Å². The van der Waals surface area contributed by atoms with Gasteiger partial charge in [0.15, 0.2) is 6.10 Å². The summed E-state index contributed by atoms with van der Waals surface area (Å²) in [6.07, 6.45) is -11.6. The van der Waals surface area contributed by atoms with Gasteiger partial charge in [0.2, 0.25) is 5.91 Å². The smallest absolute Gasteiger partial charge is 0.382 e. The van der Waals surface area contributed by atoms with Crippen LogP contribution in [0, 0.1) is 11.8 Å². The van der Waals surface area contributed by atoms with Crippen molar-refractivity contribution in [2.24, 2.45) is 11.8 Å². The predicted molar refractivity (Wildman–Crippen MR) is 68.3 cm³/mol. The van der Waals surface area contributed by atoms with Crippen molar-refractivity contribution in [2.45, 2.75) is 63.0 Å². The lowest BCUT2D eigenvalue weighted by Gasteiger charge is -2.35. The van der Waals surface area contributed by atoms with E-state index >= 15 is 0 Å². The van der Waals surface area contributed by atoms with Crippen molar-refractivity contribution in [3.63, 3.8) is 0 Å². The van der Waals surface area contributed by atoms with Crippen LogP contribution in [0.5, 0.6) is 0 Å². The Morgan fingerprint density at radius 3 is 2.26 bits per heavy atom. The van der Waals surface area contributed by atoms with Crippen LogP contribution < -0.4 is 0 Å². The summed E-state index contributed by atoms with van der Waals surface area (Å²) in [6, 6.07) is -1.39. The van der Waals surface area contributed by atoms with Crippen molar-refractivity contribution in [2.75, 3.05) is 6.54 Å². The number of amides is 1. The number of likely N-dealkylation sites (tertiary alicyclic amines) is 1. The molecule has 9 heteroatoms. The van der Waals surface area contributed by atoms with Gasteiger partial charge in [-0.1, -0.05) is 6.42 Å². The number of carbonyl (C=O) groups is 1. The summed E-state index contributed by atoms with van der Waals surface area (Å²) in [7, 11) is 0. The van der Waals surface area contributed by atoms with Crippen molar-refractivity contribution in [1.29, 1.82) is 0 Å². The molecule has 0 spiro atoms. The third kappa shape index (κ3) is 4.10. The molecule has 134 valence electrons. The molecule has 0 bridgehead atoms. The summed E-state index contributed by atoms with van der Waals surface area (Å²) in [5, 5.41) is 9.39. The highest BCUT2D eigenvalue weighted by molar-refractivity contribution is 5.79. The molecule has 0 unspecified atom stereocenters. The normalized spacial score (nSPS) is 31.3. The van der Waals surface area contributed by atoms with Gasteiger partial charge >= 0.3 is 12.4 Å². The fourth-order valence-electron chi connectivity index (χ4n) is 3.56. The van der Waals surface area contributed by atoms with Gasteiger partial charge in [0.25, 0.3) is 0 Å². The average Bonchev–Trinajstić information content (AvgIpc) is 2.93. The number of carbonyl (C=O) groups excluding carboxylic acids is 1. The Hall–Kier alpha value is -0.990. The Morgan fingerprint density at radius 1 is 1.04 bits per heavy atom. The molecule has 1 aliphatic carbocycles. The van der Waals surface area contributed by atoms with E-state index in [1.165, 1.54) is 0 Å². The summed E-state index contributed by atoms with van der Waals surface area (Å²) >= 11 is 0. The zero-order chi connectivity index (χ0) is 17.4. The molecule has 3 nitrogen and oxygen atoms in total. The first kappa shape index (κ1) is 18.4. The highest BCUT2D eigenvalue weighted by Gasteiger charge is 2.50. The summed E-state index contributed by atoms with van der Waals surface area (Å²) in [6.45, 7) is 0.0455. The van der Waals surface area contributed by atoms with Gasteiger partial charge in [-0.15, -0.1) is 0 Å². The molecule has 0 aromatic rings. The van der Waals surface area contributed by atoms with Crippen molar-refractivity contribution in [3.8, 4) is 0 Å². The summed E-state index contributed by atoms with van der Waals surface area (Å²) in [5.41, 5.74) is 0. The Morgan fingerprint density at radius 2 is 1.70 bits per heavy atom. The first-order chi connectivity index (χ1) is 10.5. The van der Waals surface area contributed by atoms with Gasteiger partial charge in [-0.25, -0.2) is 0 Å². The third-order valence-corrected chi connectivity index (χ3v) is 4.77. The molecular weight excluding hydrogens is 328 g/mol. The second kappa shape index (κ2) is 6.49. The van der Waals surface area contributed by atoms with E-state index in [2.05, 4.69) is 0 Å². The summed E-state index contributed by atoms with van der Waals surface area (Å²) < 4.78 is 76.4. The molecule has 0 radical (unpaired) electrons. The van der Waals surface area contributed by atoms with Crippen LogP contribution in [0.2, 0.25) is 0 Å². The van der Waals surface area contributed by atoms with E-state index in [1.54, 1.807) is 0 Å². The molecule has 4 atom stereocenters. The number of hydrogen-bond acceptors (Lipinski definition) is 2. The van der Waals surface area contributed by atoms with Crippen LogP contribution in [0.15, 0.2) is 0 Å². The van der Waals surface area contributed by atoms with Gasteiger partial charge in [0.05, 0.1) is 12.0 Å². The van der Waals surface area contributed by atoms with Crippen LogP contribution >= 0.6 is 0 Å². The Balaban J connectivity index is 2.07. The Labute approximate surface area is 129 Å². The van der Waals surface area contributed by atoms with Crippen molar-refractivity contribution >= 4 is 5.91 Å². The van der Waals surface area contributed by atoms with Crippen LogP contribution in [0.3, 0.4) is 0 Å². The first-order valence-electron chi connectivity index (χ1n) is 7.63. The molecule has 0 aromatic heterocycles. The van der Waals surface area contributed by atoms with Crippen LogP contribution in [0.4, 0.5) is 26.3 Å². The maximum Gasteiger partial charge on any atom is 0.416 e. The van der Waals surface area contributed by atoms with Crippen LogP contribution in [-0.2, 0) is 4.79 Å². The van der Waals surface area contributed by atoms with E-state index < -0.39 is 42.2 Å². The number of rotatable bonds is 2. The van der Waals surface area contributed by atoms with E-state index in [0.29, 0.717) is 6.42 Å². The summed E-state index contributed by atoms with van der Waals surface area (Å²) in [5.74, 6) is -3.19. The zero-order valence-corrected chi connectivity index (χ0v) is 12.3. The topological polar surface area (TPSA) is 40.5 Å². The second-order valence-corrected chi connectivity index (χ2v) is 6.33. The quantitative estimate of drug-likeness (QED) is 0.779. The van der Waals surface area contributed by atoms with Crippen LogP contribution in [-0.4, -0.2) is 47.0 Å². The Bertz CT molecular complexity index is 436. The molecule has 1 heterocycles. The minimum atomic E-state index is -4.85. The molecular formula is C14H19F6NO2. The maximum absolute atomic E-state index is 12.8. The van der Waals surface area contributed by atoms with Gasteiger partial charge in [-0.05, 0) is 32.1 Å². The Kier molecular flexibility index (Phi) is 5.18. The average molecular weight is 347 g/mol. The van der Waals surface area contributed by atoms with Crippen LogP contribution in [0.25, 0.3) is 0 Å². The molecule has 1 N–H and O–H groups in total. The molecule has 1 saturated carbocycles. The van der Waals surface area contributed by atoms with Crippen molar-refractivity contribution in [1.82, 2.24) is 4.90 Å². The molecule has 2 rings (SSSR count). The minimum Gasteiger partial charge on any atom is -0.382 e. The molecule has 2 aliphatic rings. The molecule has 1 amide bonds. The number of aliphatic hydroxyl groups excluding tert-OH is 1. The van der Waals surface area contributed by atoms with Crippen molar-refractivity contribution < 1.29 is 36.2 Å². The van der Waals surface area contributed by atoms with Gasteiger partial charge in [0.1, 0.15) is 0 Å². The highest BCUT2D eigenvalue weighted by atomic mass is 19.4. The van der Waals surface area contributed by atoms with Gasteiger partial charge in [-0.2, -0.15) is 26.3 Å². The number of nitrogens with zero attached hydrogens (tertiary/aromatic N) is 1. The molecule has 23 heavy (non-hydrogen) atoms. The number of halogens is 6. The zero-order valence-electron chi connectivity index (χ0n) is 12.3. The third-order valence-electron chi connectivity index (χ3n) is 4.77. The maximum atomic E-state index is 12.8. The lowest BCUT2D eigenvalue weighted by Crippen LogP contribution is -2.51. The fourth-order valence-corrected chi connectivity index (χ4v) is 3.56. The summed E-state index contributed by atoms with van der Waals surface area (Å²) in [4.78, 5) is 13.3. The van der Waals surface area contributed by atoms with Crippen molar-refractivity contribution in [3.05, 3.63) is 0 Å². The number of alkyl halides is 6. The van der Waals surface area contributed by atoms with E-state index in [9.17, 15) is 36.2 Å². The van der Waals surface area contributed by atoms with E-state index in [4.69, 9.17) is 0 Å². The lowest BCUT2D eigenvalue weighted by atomic mass is 9.80. The number of hydrogen-bond donors (Lipinski definition) is 1. The molecule has 1 aliphatic heterocycles. The monoisotopic (exact) mass is 347 g/mol. The first-order valence-corrected chi connectivity index (χ1v) is 7.63. The highest BCUT2D eigenvalue weighted by Crippen LogP contribution is 2.41. The largest absolute Gasteiger partial charge is 0.416 e. The number of aliphatic hydroxyl groups is 1. The fraction of sp³-hybridized carbons (Fsp3) is 0.929. The van der Waals surface area contributed by atoms with Gasteiger partial charge < -0.3 is 10.0 Å². The minimum absolute atomic E-state index is 0.00182. The van der Waals surface area contributed by atoms with Gasteiger partial charge in [-0.3, -0.25) is 4.79 Å². The SMILES string of the molecule is O=C([C@@H]1CCC[C@H](C(F)(F)F)C1)N1CCC[C@@H]1[C@@H](O)C(F)(F)F. The lowest BCUT2D eigenvalue weighted by molar-refractivity contribution is -0.219. The van der Waals surface area contributed by atoms with Crippen LogP contribution in [0.1, 0.15) is 38.5 Å². The second-order valence-electron chi connectivity index (χ2n) is 6.33. The molecule has 1 saturated heterocycles. The molecule has 2 fully saturated rings. The molecule has 0 aromatic carbocycles. The standard InChI is InChI=1S/C14H19F6NO2/c15-13(16,17)9-4-1-3-8(7-9)12(23)21-6-2-5-10(21)11(22)14(18,19)20/h8-11,22H,1-7H2/t8-,9+,10-,11-/m1/s1. The van der Waals surface area contributed by atoms with Gasteiger partial charge in [0, 0.05) is 12.5 Å². The van der Waals surface area contributed by atoms with E-state index in [1.807, 2.05) is 0 Å².